The van der Waals surface area contributed by atoms with Gasteiger partial charge >= 0.3 is 0 Å². The normalized spacial score (nSPS) is 14.1. The molecule has 1 heterocycles. The average Bonchev–Trinajstić information content (AvgIpc) is 2.90. The molecule has 0 saturated heterocycles. The van der Waals surface area contributed by atoms with E-state index in [4.69, 9.17) is 10.2 Å². The van der Waals surface area contributed by atoms with Gasteiger partial charge in [0.2, 0.25) is 5.91 Å². The Kier molecular flexibility index (Phi) is 7.26. The van der Waals surface area contributed by atoms with Crippen molar-refractivity contribution in [1.82, 2.24) is 5.32 Å². The van der Waals surface area contributed by atoms with Crippen LogP contribution < -0.4 is 11.1 Å². The highest BCUT2D eigenvalue weighted by molar-refractivity contribution is 5.76. The maximum Gasteiger partial charge on any atom is 0.220 e. The summed E-state index contributed by atoms with van der Waals surface area (Å²) >= 11 is 0. The summed E-state index contributed by atoms with van der Waals surface area (Å²) in [5.74, 6) is 1.45. The van der Waals surface area contributed by atoms with E-state index in [1.807, 2.05) is 19.1 Å². The van der Waals surface area contributed by atoms with Gasteiger partial charge < -0.3 is 15.5 Å². The van der Waals surface area contributed by atoms with Gasteiger partial charge in [-0.2, -0.15) is 0 Å². The highest BCUT2D eigenvalue weighted by atomic mass is 16.3. The molecule has 0 spiro atoms. The average molecular weight is 266 g/mol. The van der Waals surface area contributed by atoms with E-state index in [1.165, 1.54) is 0 Å². The predicted octanol–water partition coefficient (Wildman–Crippen LogP) is 3.00. The van der Waals surface area contributed by atoms with E-state index in [1.54, 1.807) is 6.26 Å². The first kappa shape index (κ1) is 15.8. The predicted molar refractivity (Wildman–Crippen MR) is 76.6 cm³/mol. The first-order chi connectivity index (χ1) is 9.17. The number of amides is 1. The molecule has 2 unspecified atom stereocenters. The molecule has 19 heavy (non-hydrogen) atoms. The molecule has 1 aromatic heterocycles. The summed E-state index contributed by atoms with van der Waals surface area (Å²) in [4.78, 5) is 11.9. The summed E-state index contributed by atoms with van der Waals surface area (Å²) in [7, 11) is 0. The van der Waals surface area contributed by atoms with Crippen molar-refractivity contribution in [3.8, 4) is 0 Å². The first-order valence-corrected chi connectivity index (χ1v) is 7.20. The lowest BCUT2D eigenvalue weighted by Gasteiger charge is -2.16. The number of nitrogens with one attached hydrogen (secondary N) is 1. The molecule has 3 N–H and O–H groups in total. The second kappa shape index (κ2) is 8.75. The van der Waals surface area contributed by atoms with Gasteiger partial charge in [0.1, 0.15) is 5.76 Å². The fourth-order valence-corrected chi connectivity index (χ4v) is 2.33. The number of carbonyl (C=O) groups is 1. The Morgan fingerprint density at radius 3 is 2.79 bits per heavy atom. The van der Waals surface area contributed by atoms with Crippen molar-refractivity contribution in [3.05, 3.63) is 24.2 Å². The lowest BCUT2D eigenvalue weighted by Crippen LogP contribution is -2.26. The van der Waals surface area contributed by atoms with Gasteiger partial charge in [-0.3, -0.25) is 4.79 Å². The molecule has 0 aliphatic carbocycles. The molecule has 4 heteroatoms. The van der Waals surface area contributed by atoms with Gasteiger partial charge in [-0.15, -0.1) is 0 Å². The van der Waals surface area contributed by atoms with Gasteiger partial charge in [-0.25, -0.2) is 0 Å². The van der Waals surface area contributed by atoms with Gasteiger partial charge in [0.25, 0.3) is 0 Å². The van der Waals surface area contributed by atoms with Crippen LogP contribution in [0, 0.1) is 5.92 Å². The monoisotopic (exact) mass is 266 g/mol. The van der Waals surface area contributed by atoms with Crippen molar-refractivity contribution in [1.29, 1.82) is 0 Å². The van der Waals surface area contributed by atoms with Crippen LogP contribution in [0.3, 0.4) is 0 Å². The van der Waals surface area contributed by atoms with Gasteiger partial charge in [-0.1, -0.05) is 19.8 Å². The Labute approximate surface area is 115 Å². The molecule has 1 aromatic rings. The van der Waals surface area contributed by atoms with E-state index in [0.29, 0.717) is 18.9 Å². The van der Waals surface area contributed by atoms with Crippen molar-refractivity contribution in [2.75, 3.05) is 6.54 Å². The maximum atomic E-state index is 11.9. The van der Waals surface area contributed by atoms with E-state index >= 15 is 0 Å². The van der Waals surface area contributed by atoms with Crippen LogP contribution in [0.5, 0.6) is 0 Å². The second-order valence-electron chi connectivity index (χ2n) is 5.08. The van der Waals surface area contributed by atoms with Crippen LogP contribution in [-0.2, 0) is 4.79 Å². The van der Waals surface area contributed by atoms with Crippen molar-refractivity contribution in [2.24, 2.45) is 11.7 Å². The number of rotatable bonds is 9. The van der Waals surface area contributed by atoms with Crippen molar-refractivity contribution in [3.63, 3.8) is 0 Å². The van der Waals surface area contributed by atoms with Crippen LogP contribution in [0.15, 0.2) is 22.8 Å². The number of hydrogen-bond acceptors (Lipinski definition) is 3. The third-order valence-corrected chi connectivity index (χ3v) is 3.40. The summed E-state index contributed by atoms with van der Waals surface area (Å²) in [5, 5.41) is 2.96. The largest absolute Gasteiger partial charge is 0.467 e. The highest BCUT2D eigenvalue weighted by Gasteiger charge is 2.14. The Morgan fingerprint density at radius 2 is 2.21 bits per heavy atom. The molecule has 0 bridgehead atoms. The maximum absolute atomic E-state index is 11.9. The number of nitrogens with two attached hydrogens (primary N) is 1. The fourth-order valence-electron chi connectivity index (χ4n) is 2.33. The third kappa shape index (κ3) is 5.92. The minimum absolute atomic E-state index is 0.0679. The van der Waals surface area contributed by atoms with Crippen LogP contribution in [-0.4, -0.2) is 12.5 Å². The minimum Gasteiger partial charge on any atom is -0.467 e. The van der Waals surface area contributed by atoms with E-state index in [-0.39, 0.29) is 11.9 Å². The zero-order chi connectivity index (χ0) is 14.1. The zero-order valence-electron chi connectivity index (χ0n) is 12.0. The number of furan rings is 1. The lowest BCUT2D eigenvalue weighted by atomic mass is 9.94. The minimum atomic E-state index is -0.0679. The molecule has 1 rings (SSSR count). The zero-order valence-corrected chi connectivity index (χ0v) is 12.0. The molecule has 0 aliphatic heterocycles. The molecule has 1 amide bonds. The summed E-state index contributed by atoms with van der Waals surface area (Å²) in [5.41, 5.74) is 5.60. The molecule has 0 radical (unpaired) electrons. The van der Waals surface area contributed by atoms with Crippen LogP contribution >= 0.6 is 0 Å². The number of hydrogen-bond donors (Lipinski definition) is 2. The molecule has 0 aromatic carbocycles. The summed E-state index contributed by atoms with van der Waals surface area (Å²) in [6, 6.07) is 3.64. The van der Waals surface area contributed by atoms with E-state index in [2.05, 4.69) is 12.2 Å². The van der Waals surface area contributed by atoms with Crippen molar-refractivity contribution in [2.45, 2.75) is 52.0 Å². The van der Waals surface area contributed by atoms with Gasteiger partial charge in [-0.05, 0) is 44.4 Å². The Hall–Kier alpha value is -1.29. The van der Waals surface area contributed by atoms with Crippen molar-refractivity contribution >= 4 is 5.91 Å². The highest BCUT2D eigenvalue weighted by Crippen LogP contribution is 2.18. The summed E-state index contributed by atoms with van der Waals surface area (Å²) < 4.78 is 5.27. The second-order valence-corrected chi connectivity index (χ2v) is 5.08. The summed E-state index contributed by atoms with van der Waals surface area (Å²) in [6.45, 7) is 4.80. The fraction of sp³-hybridized carbons (Fsp3) is 0.667. The number of carbonyl (C=O) groups excluding carboxylic acids is 1. The van der Waals surface area contributed by atoms with Crippen molar-refractivity contribution < 1.29 is 9.21 Å². The smallest absolute Gasteiger partial charge is 0.220 e. The molecular weight excluding hydrogens is 240 g/mol. The van der Waals surface area contributed by atoms with Crippen LogP contribution in [0.1, 0.15) is 57.8 Å². The molecule has 0 saturated carbocycles. The summed E-state index contributed by atoms with van der Waals surface area (Å²) in [6.07, 6.45) is 6.41. The van der Waals surface area contributed by atoms with Gasteiger partial charge in [0.05, 0.1) is 12.3 Å². The Bertz CT molecular complexity index is 343. The molecule has 0 aliphatic rings. The van der Waals surface area contributed by atoms with E-state index in [0.717, 1.165) is 31.4 Å². The van der Waals surface area contributed by atoms with Crippen LogP contribution in [0.2, 0.25) is 0 Å². The Balaban J connectivity index is 2.30. The van der Waals surface area contributed by atoms with Crippen LogP contribution in [0.25, 0.3) is 0 Å². The van der Waals surface area contributed by atoms with Gasteiger partial charge in [0, 0.05) is 6.42 Å². The van der Waals surface area contributed by atoms with Crippen LogP contribution in [0.4, 0.5) is 0 Å². The quantitative estimate of drug-likeness (QED) is 0.722. The van der Waals surface area contributed by atoms with E-state index in [9.17, 15) is 4.79 Å². The molecule has 108 valence electrons. The topological polar surface area (TPSA) is 68.3 Å². The van der Waals surface area contributed by atoms with Gasteiger partial charge in [0.15, 0.2) is 0 Å². The first-order valence-electron chi connectivity index (χ1n) is 7.20. The van der Waals surface area contributed by atoms with E-state index < -0.39 is 0 Å². The molecule has 0 fully saturated rings. The lowest BCUT2D eigenvalue weighted by molar-refractivity contribution is -0.122. The molecular formula is C15H26N2O2. The Morgan fingerprint density at radius 1 is 1.42 bits per heavy atom. The standard InChI is InChI=1S/C15H26N2O2/c1-3-5-13(9-10-16)7-8-15(18)17-12(2)14-6-4-11-19-14/h4,6,11-13H,3,5,7-10,16H2,1-2H3,(H,17,18). The molecule has 2 atom stereocenters. The SMILES string of the molecule is CCCC(CCN)CCC(=O)NC(C)c1ccco1. The third-order valence-electron chi connectivity index (χ3n) is 3.40. The molecule has 4 nitrogen and oxygen atoms in total.